The average molecular weight is 387 g/mol. The van der Waals surface area contributed by atoms with E-state index in [1.807, 2.05) is 6.07 Å². The minimum atomic E-state index is -0.624. The Bertz CT molecular complexity index is 1100. The van der Waals surface area contributed by atoms with E-state index in [9.17, 15) is 19.7 Å². The summed E-state index contributed by atoms with van der Waals surface area (Å²) in [4.78, 5) is 35.6. The van der Waals surface area contributed by atoms with E-state index in [-0.39, 0.29) is 22.0 Å². The lowest BCUT2D eigenvalue weighted by molar-refractivity contribution is -0.384. The number of para-hydroxylation sites is 1. The Morgan fingerprint density at radius 2 is 1.85 bits per heavy atom. The number of carbonyl (C=O) groups is 1. The highest BCUT2D eigenvalue weighted by molar-refractivity contribution is 6.34. The van der Waals surface area contributed by atoms with Crippen molar-refractivity contribution in [3.05, 3.63) is 85.3 Å². The van der Waals surface area contributed by atoms with Gasteiger partial charge in [-0.15, -0.1) is 0 Å². The first kappa shape index (κ1) is 18.4. The molecule has 1 heterocycles. The Morgan fingerprint density at radius 1 is 1.19 bits per heavy atom. The van der Waals surface area contributed by atoms with Crippen LogP contribution in [0.3, 0.4) is 0 Å². The van der Waals surface area contributed by atoms with Gasteiger partial charge < -0.3 is 5.32 Å². The molecule has 0 spiro atoms. The van der Waals surface area contributed by atoms with Crippen LogP contribution >= 0.6 is 11.6 Å². The van der Waals surface area contributed by atoms with Crippen molar-refractivity contribution < 1.29 is 9.72 Å². The van der Waals surface area contributed by atoms with Crippen LogP contribution in [0.15, 0.2) is 53.3 Å². The molecule has 138 valence electrons. The summed E-state index contributed by atoms with van der Waals surface area (Å²) in [6.45, 7) is 1.70. The quantitative estimate of drug-likeness (QED) is 0.549. The summed E-state index contributed by atoms with van der Waals surface area (Å²) in [6.07, 6.45) is 0. The predicted octanol–water partition coefficient (Wildman–Crippen LogP) is 3.30. The first-order valence-electron chi connectivity index (χ1n) is 7.90. The largest absolute Gasteiger partial charge is 0.316 e. The molecule has 9 heteroatoms. The highest BCUT2D eigenvalue weighted by Crippen LogP contribution is 2.24. The number of anilines is 1. The van der Waals surface area contributed by atoms with Gasteiger partial charge in [-0.05, 0) is 25.1 Å². The molecule has 1 N–H and O–H groups in total. The van der Waals surface area contributed by atoms with Gasteiger partial charge in [0.2, 0.25) is 0 Å². The van der Waals surface area contributed by atoms with Crippen LogP contribution < -0.4 is 10.9 Å². The molecule has 0 aliphatic rings. The van der Waals surface area contributed by atoms with E-state index in [0.717, 1.165) is 6.07 Å². The van der Waals surface area contributed by atoms with Gasteiger partial charge in [0.25, 0.3) is 17.2 Å². The molecule has 27 heavy (non-hydrogen) atoms. The van der Waals surface area contributed by atoms with Crippen molar-refractivity contribution in [1.82, 2.24) is 9.36 Å². The van der Waals surface area contributed by atoms with Gasteiger partial charge in [-0.2, -0.15) is 0 Å². The summed E-state index contributed by atoms with van der Waals surface area (Å²) in [5.74, 6) is -0.624. The fourth-order valence-electron chi connectivity index (χ4n) is 2.69. The maximum Gasteiger partial charge on any atom is 0.295 e. The maximum absolute atomic E-state index is 12.8. The third-order valence-corrected chi connectivity index (χ3v) is 4.51. The zero-order valence-electron chi connectivity index (χ0n) is 14.5. The van der Waals surface area contributed by atoms with Crippen LogP contribution in [0.2, 0.25) is 5.02 Å². The van der Waals surface area contributed by atoms with Crippen LogP contribution in [-0.4, -0.2) is 20.2 Å². The molecule has 0 radical (unpaired) electrons. The van der Waals surface area contributed by atoms with Gasteiger partial charge in [-0.1, -0.05) is 29.8 Å². The van der Waals surface area contributed by atoms with Crippen molar-refractivity contribution in [2.24, 2.45) is 7.05 Å². The van der Waals surface area contributed by atoms with E-state index in [2.05, 4.69) is 5.32 Å². The lowest BCUT2D eigenvalue weighted by Gasteiger charge is -2.07. The second-order valence-corrected chi connectivity index (χ2v) is 6.22. The number of non-ortho nitro benzene ring substituents is 1. The predicted molar refractivity (Wildman–Crippen MR) is 102 cm³/mol. The van der Waals surface area contributed by atoms with E-state index in [1.165, 1.54) is 16.8 Å². The number of nitrogens with one attached hydrogen (secondary N) is 1. The first-order valence-corrected chi connectivity index (χ1v) is 8.28. The number of aromatic nitrogens is 2. The van der Waals surface area contributed by atoms with Gasteiger partial charge in [0, 0.05) is 19.2 Å². The molecule has 1 amide bonds. The summed E-state index contributed by atoms with van der Waals surface area (Å²) < 4.78 is 3.06. The number of halogens is 1. The second-order valence-electron chi connectivity index (χ2n) is 5.81. The Hall–Kier alpha value is -3.39. The molecule has 0 unspecified atom stereocenters. The number of hydrogen-bond acceptors (Lipinski definition) is 4. The molecule has 3 rings (SSSR count). The second kappa shape index (κ2) is 7.08. The van der Waals surface area contributed by atoms with Crippen molar-refractivity contribution in [3.8, 4) is 5.69 Å². The lowest BCUT2D eigenvalue weighted by atomic mass is 10.2. The molecule has 0 aliphatic carbocycles. The number of carbonyl (C=O) groups excluding carboxylic acids is 1. The van der Waals surface area contributed by atoms with E-state index in [0.29, 0.717) is 11.4 Å². The van der Waals surface area contributed by atoms with E-state index in [4.69, 9.17) is 11.6 Å². The van der Waals surface area contributed by atoms with Gasteiger partial charge in [0.1, 0.15) is 5.69 Å². The van der Waals surface area contributed by atoms with Crippen molar-refractivity contribution >= 4 is 28.9 Å². The molecule has 0 saturated heterocycles. The first-order chi connectivity index (χ1) is 12.8. The molecule has 2 aromatic carbocycles. The smallest absolute Gasteiger partial charge is 0.295 e. The highest BCUT2D eigenvalue weighted by atomic mass is 35.5. The molecular weight excluding hydrogens is 372 g/mol. The van der Waals surface area contributed by atoms with Crippen molar-refractivity contribution in [1.29, 1.82) is 0 Å². The van der Waals surface area contributed by atoms with Crippen molar-refractivity contribution in [2.75, 3.05) is 5.32 Å². The molecule has 0 fully saturated rings. The Labute approximate surface area is 158 Å². The summed E-state index contributed by atoms with van der Waals surface area (Å²) in [7, 11) is 1.71. The topological polar surface area (TPSA) is 99.2 Å². The number of amides is 1. The number of rotatable bonds is 4. The maximum atomic E-state index is 12.8. The number of nitro groups is 1. The zero-order valence-corrected chi connectivity index (χ0v) is 15.2. The van der Waals surface area contributed by atoms with E-state index >= 15 is 0 Å². The van der Waals surface area contributed by atoms with Gasteiger partial charge in [-0.3, -0.25) is 24.4 Å². The van der Waals surface area contributed by atoms with Crippen LogP contribution in [0.1, 0.15) is 16.1 Å². The molecule has 0 saturated carbocycles. The molecule has 0 bridgehead atoms. The van der Waals surface area contributed by atoms with Gasteiger partial charge in [-0.25, -0.2) is 4.68 Å². The van der Waals surface area contributed by atoms with Gasteiger partial charge >= 0.3 is 0 Å². The Kier molecular flexibility index (Phi) is 4.83. The normalized spacial score (nSPS) is 10.6. The van der Waals surface area contributed by atoms with Crippen LogP contribution in [0.25, 0.3) is 5.69 Å². The van der Waals surface area contributed by atoms with Crippen molar-refractivity contribution in [3.63, 3.8) is 0 Å². The highest BCUT2D eigenvalue weighted by Gasteiger charge is 2.21. The molecule has 3 aromatic rings. The summed E-state index contributed by atoms with van der Waals surface area (Å²) in [5.41, 5.74) is 0.737. The minimum absolute atomic E-state index is 0.0381. The molecule has 0 aliphatic heterocycles. The van der Waals surface area contributed by atoms with Gasteiger partial charge in [0.05, 0.1) is 26.9 Å². The minimum Gasteiger partial charge on any atom is -0.316 e. The van der Waals surface area contributed by atoms with Crippen LogP contribution in [0.4, 0.5) is 11.4 Å². The van der Waals surface area contributed by atoms with Crippen molar-refractivity contribution in [2.45, 2.75) is 6.92 Å². The SMILES string of the molecule is Cc1c(NC(=O)c2ccc([N+](=O)[O-])cc2Cl)c(=O)n(-c2ccccc2)n1C. The molecule has 1 aromatic heterocycles. The van der Waals surface area contributed by atoms with Crippen LogP contribution in [0.5, 0.6) is 0 Å². The number of nitro benzene ring substituents is 1. The Morgan fingerprint density at radius 3 is 2.44 bits per heavy atom. The van der Waals surface area contributed by atoms with E-state index in [1.54, 1.807) is 42.9 Å². The molecule has 0 atom stereocenters. The lowest BCUT2D eigenvalue weighted by Crippen LogP contribution is -2.23. The third-order valence-electron chi connectivity index (χ3n) is 4.20. The zero-order chi connectivity index (χ0) is 19.7. The monoisotopic (exact) mass is 386 g/mol. The molecular formula is C18H15ClN4O4. The standard InChI is InChI=1S/C18H15ClN4O4/c1-11-16(18(25)22(21(11)2)12-6-4-3-5-7-12)20-17(24)14-9-8-13(23(26)27)10-15(14)19/h3-10H,1-2H3,(H,20,24). The van der Waals surface area contributed by atoms with Gasteiger partial charge in [0.15, 0.2) is 0 Å². The summed E-state index contributed by atoms with van der Waals surface area (Å²) >= 11 is 5.99. The number of benzene rings is 2. The Balaban J connectivity index is 1.98. The fourth-order valence-corrected chi connectivity index (χ4v) is 2.96. The average Bonchev–Trinajstić information content (AvgIpc) is 2.85. The summed E-state index contributed by atoms with van der Waals surface area (Å²) in [6, 6.07) is 12.5. The van der Waals surface area contributed by atoms with Crippen LogP contribution in [0, 0.1) is 17.0 Å². The molecule has 8 nitrogen and oxygen atoms in total. The van der Waals surface area contributed by atoms with E-state index < -0.39 is 16.4 Å². The third kappa shape index (κ3) is 3.34. The number of hydrogen-bond donors (Lipinski definition) is 1. The summed E-state index contributed by atoms with van der Waals surface area (Å²) in [5, 5.41) is 13.3. The fraction of sp³-hybridized carbons (Fsp3) is 0.111. The van der Waals surface area contributed by atoms with Crippen LogP contribution in [-0.2, 0) is 7.05 Å². The number of nitrogens with zero attached hydrogens (tertiary/aromatic N) is 3.